The van der Waals surface area contributed by atoms with Gasteiger partial charge < -0.3 is 26.6 Å². The van der Waals surface area contributed by atoms with Gasteiger partial charge in [-0.2, -0.15) is 0 Å². The summed E-state index contributed by atoms with van der Waals surface area (Å²) in [5.74, 6) is 0.471. The lowest BCUT2D eigenvalue weighted by atomic mass is 9.91. The molecule has 3 aromatic rings. The first-order chi connectivity index (χ1) is 18.5. The summed E-state index contributed by atoms with van der Waals surface area (Å²) in [6.45, 7) is 0.919. The molecule has 1 atom stereocenters. The van der Waals surface area contributed by atoms with Gasteiger partial charge in [0.25, 0.3) is 5.91 Å². The largest absolute Gasteiger partial charge is 0.379 e. The molecule has 3 aliphatic rings. The Bertz CT molecular complexity index is 1330. The molecule has 6 rings (SSSR count). The van der Waals surface area contributed by atoms with E-state index in [1.54, 1.807) is 16.6 Å². The van der Waals surface area contributed by atoms with Crippen molar-refractivity contribution in [3.8, 4) is 0 Å². The minimum atomic E-state index is -0.338. The van der Waals surface area contributed by atoms with E-state index < -0.39 is 0 Å². The van der Waals surface area contributed by atoms with Crippen LogP contribution in [-0.4, -0.2) is 62.1 Å². The van der Waals surface area contributed by atoms with Gasteiger partial charge in [-0.25, -0.2) is 14.5 Å². The molecule has 3 fully saturated rings. The molecule has 38 heavy (non-hydrogen) atoms. The minimum absolute atomic E-state index is 0.0451. The maximum Gasteiger partial charge on any atom is 0.276 e. The van der Waals surface area contributed by atoms with Crippen LogP contribution >= 0.6 is 11.6 Å². The zero-order valence-electron chi connectivity index (χ0n) is 21.0. The Balaban J connectivity index is 1.16. The van der Waals surface area contributed by atoms with Crippen molar-refractivity contribution < 1.29 is 9.59 Å². The third-order valence-corrected chi connectivity index (χ3v) is 7.63. The van der Waals surface area contributed by atoms with E-state index in [0.29, 0.717) is 34.0 Å². The normalized spacial score (nSPS) is 23.2. The summed E-state index contributed by atoms with van der Waals surface area (Å²) in [6, 6.07) is 6.04. The van der Waals surface area contributed by atoms with E-state index in [9.17, 15) is 9.59 Å². The van der Waals surface area contributed by atoms with Crippen LogP contribution in [0, 0.1) is 0 Å². The summed E-state index contributed by atoms with van der Waals surface area (Å²) >= 11 is 5.97. The Morgan fingerprint density at radius 3 is 2.47 bits per heavy atom. The highest BCUT2D eigenvalue weighted by Crippen LogP contribution is 2.30. The number of halogens is 1. The number of carbonyl (C=O) groups excluding carboxylic acids is 2. The highest BCUT2D eigenvalue weighted by atomic mass is 35.5. The smallest absolute Gasteiger partial charge is 0.276 e. The molecule has 5 N–H and O–H groups in total. The van der Waals surface area contributed by atoms with E-state index in [1.165, 1.54) is 12.4 Å². The lowest BCUT2D eigenvalue weighted by Crippen LogP contribution is -2.47. The van der Waals surface area contributed by atoms with Gasteiger partial charge in [-0.1, -0.05) is 11.6 Å². The molecule has 2 amide bonds. The lowest BCUT2D eigenvalue weighted by molar-refractivity contribution is -0.123. The van der Waals surface area contributed by atoms with Gasteiger partial charge in [0.15, 0.2) is 11.3 Å². The number of carbonyl (C=O) groups is 2. The lowest BCUT2D eigenvalue weighted by Gasteiger charge is -2.30. The van der Waals surface area contributed by atoms with E-state index in [1.807, 2.05) is 6.07 Å². The first-order valence-electron chi connectivity index (χ1n) is 13.4. The number of fused-ring (bicyclic) bond motifs is 1. The predicted molar refractivity (Wildman–Crippen MR) is 146 cm³/mol. The van der Waals surface area contributed by atoms with Crippen molar-refractivity contribution in [3.63, 3.8) is 0 Å². The first-order valence-corrected chi connectivity index (χ1v) is 13.8. The molecule has 3 aromatic heterocycles. The second kappa shape index (κ2) is 10.7. The SMILES string of the molecule is O=C(Nc1ccnc(Cl)c1)c1cnc2c(NC3CC3)cc(N[C@H]3CC[C@H](NC(=O)[C@@H]4CCCN4)CC3)nn12. The van der Waals surface area contributed by atoms with Crippen LogP contribution in [0.3, 0.4) is 0 Å². The van der Waals surface area contributed by atoms with Crippen LogP contribution in [0.5, 0.6) is 0 Å². The van der Waals surface area contributed by atoms with Gasteiger partial charge in [0, 0.05) is 36.1 Å². The average Bonchev–Trinajstić information content (AvgIpc) is 3.36. The Labute approximate surface area is 225 Å². The molecule has 4 heterocycles. The summed E-state index contributed by atoms with van der Waals surface area (Å²) in [7, 11) is 0. The van der Waals surface area contributed by atoms with Crippen molar-refractivity contribution in [1.82, 2.24) is 30.2 Å². The van der Waals surface area contributed by atoms with Crippen LogP contribution in [0.15, 0.2) is 30.6 Å². The van der Waals surface area contributed by atoms with Crippen molar-refractivity contribution in [2.45, 2.75) is 75.5 Å². The van der Waals surface area contributed by atoms with Crippen LogP contribution in [0.2, 0.25) is 5.15 Å². The predicted octanol–water partition coefficient (Wildman–Crippen LogP) is 3.20. The molecule has 2 aliphatic carbocycles. The van der Waals surface area contributed by atoms with Gasteiger partial charge in [-0.15, -0.1) is 5.10 Å². The molecule has 0 spiro atoms. The Morgan fingerprint density at radius 2 is 1.74 bits per heavy atom. The summed E-state index contributed by atoms with van der Waals surface area (Å²) in [5, 5.41) is 21.5. The fourth-order valence-corrected chi connectivity index (χ4v) is 5.40. The highest BCUT2D eigenvalue weighted by molar-refractivity contribution is 6.29. The zero-order valence-corrected chi connectivity index (χ0v) is 21.8. The number of hydrogen-bond acceptors (Lipinski definition) is 8. The number of pyridine rings is 1. The number of nitrogens with one attached hydrogen (secondary N) is 5. The molecule has 0 radical (unpaired) electrons. The molecule has 2 saturated carbocycles. The van der Waals surface area contributed by atoms with E-state index in [0.717, 1.165) is 63.6 Å². The molecule has 12 heteroatoms. The number of amides is 2. The van der Waals surface area contributed by atoms with Gasteiger partial charge in [0.05, 0.1) is 17.9 Å². The second-order valence-corrected chi connectivity index (χ2v) is 10.8. The molecule has 200 valence electrons. The quantitative estimate of drug-likeness (QED) is 0.276. The Hall–Kier alpha value is -3.44. The second-order valence-electron chi connectivity index (χ2n) is 10.4. The van der Waals surface area contributed by atoms with Crippen LogP contribution in [-0.2, 0) is 4.79 Å². The Kier molecular flexibility index (Phi) is 7.03. The van der Waals surface area contributed by atoms with Crippen molar-refractivity contribution >= 4 is 46.3 Å². The topological polar surface area (TPSA) is 137 Å². The summed E-state index contributed by atoms with van der Waals surface area (Å²) in [4.78, 5) is 34.0. The molecule has 0 unspecified atom stereocenters. The van der Waals surface area contributed by atoms with Crippen molar-refractivity contribution in [2.75, 3.05) is 22.5 Å². The minimum Gasteiger partial charge on any atom is -0.379 e. The standard InChI is InChI=1S/C26H32ClN9O2/c27-22-12-18(9-11-29-22)34-26(38)21-14-30-24-20(31-15-3-4-15)13-23(35-36(21)24)32-16-5-7-17(8-6-16)33-25(37)19-2-1-10-28-19/h9,11-17,19,28,31H,1-8,10H2,(H,32,35)(H,33,37)(H,29,34,38)/t16-,17-,19-/m0/s1. The number of aromatic nitrogens is 4. The number of rotatable bonds is 8. The van der Waals surface area contributed by atoms with Gasteiger partial charge in [-0.3, -0.25) is 9.59 Å². The number of hydrogen-bond donors (Lipinski definition) is 5. The summed E-state index contributed by atoms with van der Waals surface area (Å²) in [6.07, 6.45) is 11.0. The van der Waals surface area contributed by atoms with E-state index in [-0.39, 0.29) is 29.9 Å². The van der Waals surface area contributed by atoms with E-state index in [4.69, 9.17) is 16.7 Å². The number of imidazole rings is 1. The maximum atomic E-state index is 13.1. The molecule has 1 saturated heterocycles. The molecular formula is C26H32ClN9O2. The molecular weight excluding hydrogens is 506 g/mol. The maximum absolute atomic E-state index is 13.1. The van der Waals surface area contributed by atoms with Crippen LogP contribution in [0.25, 0.3) is 5.65 Å². The third-order valence-electron chi connectivity index (χ3n) is 7.42. The average molecular weight is 538 g/mol. The van der Waals surface area contributed by atoms with Crippen molar-refractivity contribution in [2.24, 2.45) is 0 Å². The summed E-state index contributed by atoms with van der Waals surface area (Å²) in [5.41, 5.74) is 2.32. The highest BCUT2D eigenvalue weighted by Gasteiger charge is 2.28. The monoisotopic (exact) mass is 537 g/mol. The zero-order chi connectivity index (χ0) is 26.1. The molecule has 11 nitrogen and oxygen atoms in total. The van der Waals surface area contributed by atoms with Gasteiger partial charge in [-0.05, 0) is 70.0 Å². The van der Waals surface area contributed by atoms with E-state index >= 15 is 0 Å². The first kappa shape index (κ1) is 24.9. The molecule has 0 aromatic carbocycles. The van der Waals surface area contributed by atoms with Crippen molar-refractivity contribution in [1.29, 1.82) is 0 Å². The van der Waals surface area contributed by atoms with Crippen LogP contribution in [0.1, 0.15) is 61.9 Å². The van der Waals surface area contributed by atoms with Crippen molar-refractivity contribution in [3.05, 3.63) is 41.4 Å². The molecule has 0 bridgehead atoms. The summed E-state index contributed by atoms with van der Waals surface area (Å²) < 4.78 is 1.59. The van der Waals surface area contributed by atoms with Gasteiger partial charge >= 0.3 is 0 Å². The third kappa shape index (κ3) is 5.68. The van der Waals surface area contributed by atoms with Gasteiger partial charge in [0.2, 0.25) is 5.91 Å². The van der Waals surface area contributed by atoms with Gasteiger partial charge in [0.1, 0.15) is 11.0 Å². The number of nitrogens with zero attached hydrogens (tertiary/aromatic N) is 4. The molecule has 1 aliphatic heterocycles. The fraction of sp³-hybridized carbons (Fsp3) is 0.500. The van der Waals surface area contributed by atoms with Crippen LogP contribution in [0.4, 0.5) is 17.2 Å². The number of anilines is 3. The van der Waals surface area contributed by atoms with Crippen LogP contribution < -0.4 is 26.6 Å². The fourth-order valence-electron chi connectivity index (χ4n) is 5.22. The Morgan fingerprint density at radius 1 is 0.974 bits per heavy atom. The van der Waals surface area contributed by atoms with E-state index in [2.05, 4.69) is 36.6 Å².